The zero-order valence-electron chi connectivity index (χ0n) is 32.3. The molecule has 1 aromatic carbocycles. The van der Waals surface area contributed by atoms with Crippen molar-refractivity contribution in [2.45, 2.75) is 132 Å². The van der Waals surface area contributed by atoms with Gasteiger partial charge in [0.15, 0.2) is 9.84 Å². The van der Waals surface area contributed by atoms with Gasteiger partial charge >= 0.3 is 6.09 Å². The van der Waals surface area contributed by atoms with Gasteiger partial charge < -0.3 is 36.8 Å². The van der Waals surface area contributed by atoms with Crippen molar-refractivity contribution in [3.8, 4) is 0 Å². The van der Waals surface area contributed by atoms with Crippen LogP contribution in [0.25, 0.3) is 0 Å². The van der Waals surface area contributed by atoms with Gasteiger partial charge in [0.05, 0.1) is 34.1 Å². The quantitative estimate of drug-likeness (QED) is 0.0926. The van der Waals surface area contributed by atoms with Gasteiger partial charge in [0, 0.05) is 25.1 Å². The molecule has 5 amide bonds. The van der Waals surface area contributed by atoms with E-state index in [-0.39, 0.29) is 55.1 Å². The van der Waals surface area contributed by atoms with Crippen LogP contribution in [0.4, 0.5) is 4.79 Å². The van der Waals surface area contributed by atoms with Crippen LogP contribution in [0.2, 0.25) is 0 Å². The van der Waals surface area contributed by atoms with Gasteiger partial charge in [-0.1, -0.05) is 37.3 Å². The van der Waals surface area contributed by atoms with Crippen molar-refractivity contribution in [3.05, 3.63) is 41.7 Å². The zero-order valence-corrected chi connectivity index (χ0v) is 33.1. The number of nitrogens with zero attached hydrogens (tertiary/aromatic N) is 4. The molecule has 308 valence electrons. The van der Waals surface area contributed by atoms with Gasteiger partial charge in [-0.15, -0.1) is 5.10 Å². The number of carbonyl (C=O) groups is 6. The number of sulfone groups is 1. The predicted molar refractivity (Wildman–Crippen MR) is 202 cm³/mol. The minimum Gasteiger partial charge on any atom is -0.465 e. The standard InChI is InChI=1S/C37H54N8O10S/c1-22(2)56(54,55)26-15-13-24(14-16-26)33(48)42-28(18-23-10-6-5-7-11-23)35(50)44-21-25(45-30(20-40-43-45)37(3,4)53)19-29(44)34(49)41-27(31(46)32(38)47)12-8-9-17-39-36(51)52/h13-16,20,22-23,25,27-29,39,53H,5-12,17-19,21H2,1-4H3,(H2,38,47)(H,41,49)(H,42,48)(H,51,52)/t25-,27?,28?,29-/m0/s1. The number of aliphatic hydroxyl groups is 1. The smallest absolute Gasteiger partial charge is 0.404 e. The maximum Gasteiger partial charge on any atom is 0.404 e. The molecule has 1 aromatic heterocycles. The first-order valence-electron chi connectivity index (χ1n) is 19.0. The number of primary amides is 1. The average Bonchev–Trinajstić information content (AvgIpc) is 3.82. The highest BCUT2D eigenvalue weighted by molar-refractivity contribution is 7.92. The molecule has 4 rings (SSSR count). The van der Waals surface area contributed by atoms with Crippen molar-refractivity contribution >= 4 is 45.3 Å². The Morgan fingerprint density at radius 1 is 0.982 bits per heavy atom. The molecule has 0 radical (unpaired) electrons. The predicted octanol–water partition coefficient (Wildman–Crippen LogP) is 1.58. The Bertz CT molecular complexity index is 1850. The van der Waals surface area contributed by atoms with Crippen LogP contribution < -0.4 is 21.7 Å². The Morgan fingerprint density at radius 3 is 2.23 bits per heavy atom. The molecule has 0 spiro atoms. The largest absolute Gasteiger partial charge is 0.465 e. The van der Waals surface area contributed by atoms with Gasteiger partial charge in [0.1, 0.15) is 17.7 Å². The molecule has 2 aliphatic rings. The fraction of sp³-hybridized carbons (Fsp3) is 0.622. The Balaban J connectivity index is 1.66. The number of nitrogens with one attached hydrogen (secondary N) is 3. The fourth-order valence-electron chi connectivity index (χ4n) is 7.30. The molecule has 2 aromatic rings. The topological polar surface area (TPSA) is 273 Å². The second-order valence-electron chi connectivity index (χ2n) is 15.4. The molecule has 1 saturated carbocycles. The number of unbranched alkanes of at least 4 members (excludes halogenated alkanes) is 1. The molecular weight excluding hydrogens is 749 g/mol. The lowest BCUT2D eigenvalue weighted by atomic mass is 9.84. The lowest BCUT2D eigenvalue weighted by Crippen LogP contribution is -2.56. The monoisotopic (exact) mass is 802 g/mol. The van der Waals surface area contributed by atoms with Crippen LogP contribution in [0.15, 0.2) is 35.4 Å². The molecule has 56 heavy (non-hydrogen) atoms. The van der Waals surface area contributed by atoms with E-state index in [2.05, 4.69) is 26.3 Å². The van der Waals surface area contributed by atoms with Crippen molar-refractivity contribution in [2.75, 3.05) is 13.1 Å². The van der Waals surface area contributed by atoms with Gasteiger partial charge in [0.25, 0.3) is 11.8 Å². The molecule has 2 fully saturated rings. The maximum absolute atomic E-state index is 14.7. The van der Waals surface area contributed by atoms with E-state index in [4.69, 9.17) is 10.8 Å². The molecular formula is C37H54N8O10S. The van der Waals surface area contributed by atoms with Gasteiger partial charge in [-0.05, 0) is 83.6 Å². The van der Waals surface area contributed by atoms with Crippen molar-refractivity contribution in [3.63, 3.8) is 0 Å². The van der Waals surface area contributed by atoms with E-state index in [0.29, 0.717) is 12.1 Å². The number of aromatic nitrogens is 3. The molecule has 2 unspecified atom stereocenters. The number of carboxylic acid groups (broad SMARTS) is 1. The van der Waals surface area contributed by atoms with E-state index >= 15 is 0 Å². The van der Waals surface area contributed by atoms with Crippen molar-refractivity contribution in [1.29, 1.82) is 0 Å². The van der Waals surface area contributed by atoms with Gasteiger partial charge in [-0.3, -0.25) is 24.0 Å². The summed E-state index contributed by atoms with van der Waals surface area (Å²) in [5, 5.41) is 34.8. The van der Waals surface area contributed by atoms with E-state index in [1.807, 2.05) is 0 Å². The summed E-state index contributed by atoms with van der Waals surface area (Å²) in [7, 11) is -3.60. The summed E-state index contributed by atoms with van der Waals surface area (Å²) in [4.78, 5) is 79.7. The van der Waals surface area contributed by atoms with Crippen LogP contribution in [0.1, 0.15) is 114 Å². The highest BCUT2D eigenvalue weighted by Crippen LogP contribution is 2.33. The average molecular weight is 803 g/mol. The highest BCUT2D eigenvalue weighted by atomic mass is 32.2. The van der Waals surface area contributed by atoms with Crippen LogP contribution in [-0.2, 0) is 34.6 Å². The van der Waals surface area contributed by atoms with Gasteiger partial charge in [-0.25, -0.2) is 17.9 Å². The summed E-state index contributed by atoms with van der Waals surface area (Å²) in [6.45, 7) is 6.18. The molecule has 4 atom stereocenters. The molecule has 19 heteroatoms. The summed E-state index contributed by atoms with van der Waals surface area (Å²) in [6.07, 6.45) is 5.52. The van der Waals surface area contributed by atoms with Crippen LogP contribution >= 0.6 is 0 Å². The Morgan fingerprint density at radius 2 is 1.64 bits per heavy atom. The van der Waals surface area contributed by atoms with E-state index < -0.39 is 80.4 Å². The van der Waals surface area contributed by atoms with Crippen LogP contribution in [0, 0.1) is 5.92 Å². The number of ketones is 1. The van der Waals surface area contributed by atoms with E-state index in [9.17, 15) is 42.3 Å². The van der Waals surface area contributed by atoms with Crippen LogP contribution in [0.5, 0.6) is 0 Å². The normalized spacial score (nSPS) is 18.9. The SMILES string of the molecule is CC(C)S(=O)(=O)c1ccc(C(=O)NC(CC2CCCCC2)C(=O)N2C[C@@H](n3nncc3C(C)(C)O)C[C@H]2C(=O)NC(CCCCNC(=O)O)C(=O)C(N)=O)cc1. The molecule has 7 N–H and O–H groups in total. The summed E-state index contributed by atoms with van der Waals surface area (Å²) in [5.41, 5.74) is 4.37. The minimum absolute atomic E-state index is 0.0279. The number of benzene rings is 1. The molecule has 1 aliphatic carbocycles. The lowest BCUT2D eigenvalue weighted by molar-refractivity contribution is -0.142. The third-order valence-electron chi connectivity index (χ3n) is 10.4. The van der Waals surface area contributed by atoms with Gasteiger partial charge in [-0.2, -0.15) is 0 Å². The number of amides is 5. The van der Waals surface area contributed by atoms with Crippen molar-refractivity contribution < 1.29 is 47.4 Å². The minimum atomic E-state index is -3.60. The molecule has 1 aliphatic heterocycles. The molecule has 1 saturated heterocycles. The van der Waals surface area contributed by atoms with E-state index in [1.165, 1.54) is 53.9 Å². The Hall–Kier alpha value is -4.91. The lowest BCUT2D eigenvalue weighted by Gasteiger charge is -2.32. The second kappa shape index (κ2) is 18.8. The number of nitrogens with two attached hydrogens (primary N) is 1. The third kappa shape index (κ3) is 11.1. The van der Waals surface area contributed by atoms with Crippen molar-refractivity contribution in [1.82, 2.24) is 35.8 Å². The summed E-state index contributed by atoms with van der Waals surface area (Å²) in [5.74, 6) is -4.21. The number of carbonyl (C=O) groups excluding carboxylic acids is 5. The second-order valence-corrected chi connectivity index (χ2v) is 17.9. The number of hydrogen-bond acceptors (Lipinski definition) is 11. The maximum atomic E-state index is 14.7. The number of hydrogen-bond donors (Lipinski definition) is 6. The summed E-state index contributed by atoms with van der Waals surface area (Å²) in [6, 6.07) is 1.09. The van der Waals surface area contributed by atoms with Crippen LogP contribution in [0.3, 0.4) is 0 Å². The van der Waals surface area contributed by atoms with Crippen LogP contribution in [-0.4, -0.2) is 110 Å². The first-order valence-corrected chi connectivity index (χ1v) is 20.5. The fourth-order valence-corrected chi connectivity index (χ4v) is 8.36. The first-order chi connectivity index (χ1) is 26.3. The van der Waals surface area contributed by atoms with Crippen molar-refractivity contribution in [2.24, 2.45) is 11.7 Å². The summed E-state index contributed by atoms with van der Waals surface area (Å²) < 4.78 is 26.8. The van der Waals surface area contributed by atoms with E-state index in [0.717, 1.165) is 32.1 Å². The number of Topliss-reactive ketones (excluding diaryl/α,β-unsaturated/α-hetero) is 1. The Kier molecular flexibility index (Phi) is 14.7. The molecule has 2 heterocycles. The highest BCUT2D eigenvalue weighted by Gasteiger charge is 2.45. The third-order valence-corrected chi connectivity index (χ3v) is 12.6. The number of likely N-dealkylation sites (tertiary alicyclic amines) is 1. The Labute approximate surface area is 326 Å². The number of rotatable bonds is 18. The first kappa shape index (κ1) is 43.8. The van der Waals surface area contributed by atoms with E-state index in [1.54, 1.807) is 13.8 Å². The summed E-state index contributed by atoms with van der Waals surface area (Å²) >= 11 is 0. The molecule has 0 bridgehead atoms. The zero-order chi connectivity index (χ0) is 41.4. The van der Waals surface area contributed by atoms with Gasteiger partial charge in [0.2, 0.25) is 17.6 Å². The molecule has 18 nitrogen and oxygen atoms in total.